The van der Waals surface area contributed by atoms with Crippen molar-refractivity contribution in [2.45, 2.75) is 6.42 Å². The van der Waals surface area contributed by atoms with Crippen molar-refractivity contribution in [2.24, 2.45) is 0 Å². The van der Waals surface area contributed by atoms with E-state index in [1.807, 2.05) is 12.3 Å². The highest BCUT2D eigenvalue weighted by molar-refractivity contribution is 7.80. The molecule has 0 spiro atoms. The fourth-order valence-electron chi connectivity index (χ4n) is 5.72. The molecule has 44 heavy (non-hydrogen) atoms. The Bertz CT molecular complexity index is 1780. The van der Waals surface area contributed by atoms with Gasteiger partial charge in [-0.25, -0.2) is 0 Å². The normalized spacial score (nSPS) is 13.3. The summed E-state index contributed by atoms with van der Waals surface area (Å²) >= 11 is 0. The number of hydrogen-bond acceptors (Lipinski definition) is 2. The van der Waals surface area contributed by atoms with Gasteiger partial charge in [0.25, 0.3) is 0 Å². The van der Waals surface area contributed by atoms with Gasteiger partial charge in [0.1, 0.15) is 11.5 Å². The van der Waals surface area contributed by atoms with Crippen LogP contribution in [-0.4, -0.2) is 6.61 Å². The van der Waals surface area contributed by atoms with Gasteiger partial charge in [-0.05, 0) is 65.9 Å². The lowest BCUT2D eigenvalue weighted by atomic mass is 10.0. The fraction of sp³-hybridized carbons (Fsp3) is 0.0500. The van der Waals surface area contributed by atoms with Crippen LogP contribution in [0.2, 0.25) is 0 Å². The summed E-state index contributed by atoms with van der Waals surface area (Å²) in [7, 11) is -1.82. The average molecular weight is 607 g/mol. The minimum atomic E-state index is -0.914. The van der Waals surface area contributed by atoms with Crippen LogP contribution in [0.4, 0.5) is 0 Å². The van der Waals surface area contributed by atoms with Gasteiger partial charge in [0, 0.05) is 17.5 Å². The number of ether oxygens (including phenoxy) is 2. The second kappa shape index (κ2) is 13.4. The van der Waals surface area contributed by atoms with E-state index in [0.29, 0.717) is 6.61 Å². The Hall–Kier alpha value is -4.48. The van der Waals surface area contributed by atoms with Crippen LogP contribution in [0.15, 0.2) is 170 Å². The molecule has 1 aliphatic rings. The third-order valence-corrected chi connectivity index (χ3v) is 12.6. The Balaban J connectivity index is 1.56. The molecule has 214 valence electrons. The lowest BCUT2D eigenvalue weighted by Gasteiger charge is -2.29. The van der Waals surface area contributed by atoms with E-state index in [9.17, 15) is 0 Å². The van der Waals surface area contributed by atoms with Crippen LogP contribution < -0.4 is 41.3 Å². The zero-order valence-corrected chi connectivity index (χ0v) is 26.1. The van der Waals surface area contributed by atoms with Gasteiger partial charge in [-0.1, -0.05) is 146 Å². The van der Waals surface area contributed by atoms with Gasteiger partial charge in [0.05, 0.1) is 12.9 Å². The molecule has 0 bridgehead atoms. The molecule has 4 heteroatoms. The van der Waals surface area contributed by atoms with Crippen LogP contribution in [-0.2, 0) is 0 Å². The predicted molar refractivity (Wildman–Crippen MR) is 189 cm³/mol. The van der Waals surface area contributed by atoms with E-state index in [4.69, 9.17) is 9.47 Å². The predicted octanol–water partition coefficient (Wildman–Crippen LogP) is 7.55. The van der Waals surface area contributed by atoms with E-state index in [1.165, 1.54) is 31.8 Å². The molecule has 0 aromatic heterocycles. The third kappa shape index (κ3) is 5.85. The summed E-state index contributed by atoms with van der Waals surface area (Å²) in [4.78, 5) is 0. The average Bonchev–Trinajstić information content (AvgIpc) is 3.09. The molecule has 7 rings (SSSR count). The standard InChI is InChI=1S/C40H32O2P2/c1-5-17-31(18-6-1)43(32-19-7-2-8-20-32)37-27-15-25-35-39(37)40-36(42-30-14-13-29-41-35)26-16-28-38(40)44(33-21-9-3-10-22-33)34-23-11-4-12-24-34/h1-13,15-29H,14,30H2/b29-13-. The maximum atomic E-state index is 6.64. The first-order valence-electron chi connectivity index (χ1n) is 14.9. The summed E-state index contributed by atoms with van der Waals surface area (Å²) in [5.74, 6) is 1.74. The van der Waals surface area contributed by atoms with E-state index < -0.39 is 15.8 Å². The van der Waals surface area contributed by atoms with Crippen LogP contribution >= 0.6 is 15.8 Å². The molecular weight excluding hydrogens is 574 g/mol. The molecule has 0 saturated heterocycles. The minimum Gasteiger partial charge on any atom is -0.493 e. The Morgan fingerprint density at radius 1 is 0.409 bits per heavy atom. The summed E-state index contributed by atoms with van der Waals surface area (Å²) in [6.45, 7) is 0.578. The van der Waals surface area contributed by atoms with Crippen LogP contribution in [0.25, 0.3) is 11.1 Å². The van der Waals surface area contributed by atoms with Crippen molar-refractivity contribution in [3.63, 3.8) is 0 Å². The summed E-state index contributed by atoms with van der Waals surface area (Å²) in [6, 6.07) is 56.6. The monoisotopic (exact) mass is 606 g/mol. The quantitative estimate of drug-likeness (QED) is 0.183. The highest BCUT2D eigenvalue weighted by Gasteiger charge is 2.30. The highest BCUT2D eigenvalue weighted by atomic mass is 31.1. The van der Waals surface area contributed by atoms with Crippen LogP contribution in [0.3, 0.4) is 0 Å². The molecular formula is C40H32O2P2. The summed E-state index contributed by atoms with van der Waals surface area (Å²) in [6.07, 6.45) is 4.64. The minimum absolute atomic E-state index is 0.578. The zero-order valence-electron chi connectivity index (χ0n) is 24.3. The molecule has 1 aliphatic heterocycles. The third-order valence-electron chi connectivity index (χ3n) is 7.63. The van der Waals surface area contributed by atoms with Crippen LogP contribution in [0.5, 0.6) is 11.5 Å². The van der Waals surface area contributed by atoms with E-state index in [0.717, 1.165) is 29.0 Å². The molecule has 0 radical (unpaired) electrons. The maximum absolute atomic E-state index is 6.64. The van der Waals surface area contributed by atoms with Gasteiger partial charge < -0.3 is 9.47 Å². The van der Waals surface area contributed by atoms with Gasteiger partial charge in [-0.3, -0.25) is 0 Å². The molecule has 0 atom stereocenters. The zero-order chi connectivity index (χ0) is 29.6. The number of rotatable bonds is 6. The molecule has 1 heterocycles. The second-order valence-electron chi connectivity index (χ2n) is 10.4. The second-order valence-corrected chi connectivity index (χ2v) is 14.8. The Morgan fingerprint density at radius 3 is 1.27 bits per heavy atom. The van der Waals surface area contributed by atoms with Crippen molar-refractivity contribution in [2.75, 3.05) is 6.61 Å². The highest BCUT2D eigenvalue weighted by Crippen LogP contribution is 2.47. The molecule has 0 N–H and O–H groups in total. The van der Waals surface area contributed by atoms with Gasteiger partial charge >= 0.3 is 0 Å². The number of fused-ring (bicyclic) bond motifs is 3. The first kappa shape index (κ1) is 28.3. The lowest BCUT2D eigenvalue weighted by molar-refractivity contribution is 0.324. The molecule has 0 saturated carbocycles. The van der Waals surface area contributed by atoms with Crippen molar-refractivity contribution in [3.8, 4) is 22.6 Å². The molecule has 2 nitrogen and oxygen atoms in total. The molecule has 6 aromatic carbocycles. The largest absolute Gasteiger partial charge is 0.493 e. The molecule has 0 unspecified atom stereocenters. The molecule has 0 amide bonds. The molecule has 6 aromatic rings. The van der Waals surface area contributed by atoms with Gasteiger partial charge in [0.15, 0.2) is 0 Å². The number of hydrogen-bond donors (Lipinski definition) is 0. The van der Waals surface area contributed by atoms with E-state index in [-0.39, 0.29) is 0 Å². The van der Waals surface area contributed by atoms with Crippen LogP contribution in [0.1, 0.15) is 6.42 Å². The first-order valence-corrected chi connectivity index (χ1v) is 17.6. The van der Waals surface area contributed by atoms with Gasteiger partial charge in [0.2, 0.25) is 0 Å². The fourth-order valence-corrected chi connectivity index (χ4v) is 10.7. The molecule has 0 fully saturated rings. The topological polar surface area (TPSA) is 18.5 Å². The van der Waals surface area contributed by atoms with Crippen molar-refractivity contribution in [1.29, 1.82) is 0 Å². The SMILES string of the molecule is C1=C\Oc2cccc(P(c3ccccc3)c3ccccc3)c2-c2c(cccc2P(c2ccccc2)c2ccccc2)OCC/1. The molecule has 0 aliphatic carbocycles. The smallest absolute Gasteiger partial charge is 0.135 e. The Morgan fingerprint density at radius 2 is 0.818 bits per heavy atom. The lowest BCUT2D eigenvalue weighted by Crippen LogP contribution is -2.26. The van der Waals surface area contributed by atoms with E-state index in [2.05, 4.69) is 158 Å². The van der Waals surface area contributed by atoms with Gasteiger partial charge in [-0.15, -0.1) is 0 Å². The Kier molecular flexibility index (Phi) is 8.64. The Labute approximate surface area is 262 Å². The van der Waals surface area contributed by atoms with Crippen molar-refractivity contribution < 1.29 is 9.47 Å². The van der Waals surface area contributed by atoms with Crippen molar-refractivity contribution in [1.82, 2.24) is 0 Å². The summed E-state index contributed by atoms with van der Waals surface area (Å²) in [5, 5.41) is 7.69. The van der Waals surface area contributed by atoms with Gasteiger partial charge in [-0.2, -0.15) is 0 Å². The maximum Gasteiger partial charge on any atom is 0.135 e. The van der Waals surface area contributed by atoms with Crippen LogP contribution in [0, 0.1) is 0 Å². The van der Waals surface area contributed by atoms with Crippen molar-refractivity contribution in [3.05, 3.63) is 170 Å². The summed E-state index contributed by atoms with van der Waals surface area (Å²) < 4.78 is 13.2. The number of benzene rings is 6. The van der Waals surface area contributed by atoms with Crippen molar-refractivity contribution >= 4 is 47.7 Å². The first-order chi connectivity index (χ1) is 21.9. The summed E-state index contributed by atoms with van der Waals surface area (Å²) in [5.41, 5.74) is 2.22. The van der Waals surface area contributed by atoms with E-state index in [1.54, 1.807) is 0 Å². The van der Waals surface area contributed by atoms with E-state index >= 15 is 0 Å².